The first-order valence-electron chi connectivity index (χ1n) is 5.78. The number of amides is 1. The third kappa shape index (κ3) is 6.93. The van der Waals surface area contributed by atoms with Gasteiger partial charge in [0.05, 0.1) is 0 Å². The van der Waals surface area contributed by atoms with E-state index in [9.17, 15) is 4.79 Å². The normalized spacial score (nSPS) is 11.4. The second kappa shape index (κ2) is 6.86. The number of carbonyl (C=O) groups is 1. The molecular weight excluding hydrogens is 174 g/mol. The molecule has 1 N–H and O–H groups in total. The van der Waals surface area contributed by atoms with Crippen molar-refractivity contribution in [2.24, 2.45) is 5.41 Å². The smallest absolute Gasteiger partial charge is 0.219 e. The largest absolute Gasteiger partial charge is 0.356 e. The number of nitrogens with one attached hydrogen (secondary N) is 1. The molecular formula is C12H25NO. The van der Waals surface area contributed by atoms with Crippen molar-refractivity contribution in [1.82, 2.24) is 5.32 Å². The van der Waals surface area contributed by atoms with Crippen LogP contribution in [0.2, 0.25) is 0 Å². The number of carbonyl (C=O) groups excluding carboxylic acids is 1. The molecule has 0 aromatic rings. The van der Waals surface area contributed by atoms with Crippen LogP contribution in [0.5, 0.6) is 0 Å². The lowest BCUT2D eigenvalue weighted by Gasteiger charge is -2.23. The first-order chi connectivity index (χ1) is 6.52. The first kappa shape index (κ1) is 13.5. The molecule has 0 aliphatic rings. The Morgan fingerprint density at radius 2 is 1.86 bits per heavy atom. The van der Waals surface area contributed by atoms with Gasteiger partial charge in [0.2, 0.25) is 5.91 Å². The van der Waals surface area contributed by atoms with Gasteiger partial charge in [0, 0.05) is 13.0 Å². The van der Waals surface area contributed by atoms with Crippen LogP contribution in [-0.4, -0.2) is 12.5 Å². The van der Waals surface area contributed by atoms with Gasteiger partial charge in [0.1, 0.15) is 0 Å². The zero-order valence-electron chi connectivity index (χ0n) is 10.2. The highest BCUT2D eigenvalue weighted by atomic mass is 16.1. The SMILES string of the molecule is CCCC(C)(C)CCCC(=O)NCC. The maximum absolute atomic E-state index is 11.2. The number of hydrogen-bond donors (Lipinski definition) is 1. The standard InChI is InChI=1S/C12H25NO/c1-5-9-12(3,4)10-7-8-11(14)13-6-2/h5-10H2,1-4H3,(H,13,14). The lowest BCUT2D eigenvalue weighted by atomic mass is 9.83. The molecule has 0 heterocycles. The van der Waals surface area contributed by atoms with Crippen LogP contribution in [0.25, 0.3) is 0 Å². The average Bonchev–Trinajstić information content (AvgIpc) is 2.03. The van der Waals surface area contributed by atoms with Gasteiger partial charge in [-0.25, -0.2) is 0 Å². The van der Waals surface area contributed by atoms with Gasteiger partial charge < -0.3 is 5.32 Å². The maximum Gasteiger partial charge on any atom is 0.219 e. The predicted octanol–water partition coefficient (Wildman–Crippen LogP) is 3.12. The summed E-state index contributed by atoms with van der Waals surface area (Å²) in [5.74, 6) is 0.194. The molecule has 84 valence electrons. The molecule has 0 fully saturated rings. The van der Waals surface area contributed by atoms with Crippen LogP contribution in [0.4, 0.5) is 0 Å². The highest BCUT2D eigenvalue weighted by Gasteiger charge is 2.16. The van der Waals surface area contributed by atoms with E-state index >= 15 is 0 Å². The van der Waals surface area contributed by atoms with Gasteiger partial charge in [0.15, 0.2) is 0 Å². The lowest BCUT2D eigenvalue weighted by molar-refractivity contribution is -0.121. The summed E-state index contributed by atoms with van der Waals surface area (Å²) in [5.41, 5.74) is 0.404. The molecule has 0 radical (unpaired) electrons. The minimum Gasteiger partial charge on any atom is -0.356 e. The van der Waals surface area contributed by atoms with Gasteiger partial charge in [0.25, 0.3) is 0 Å². The summed E-state index contributed by atoms with van der Waals surface area (Å²) in [6.07, 6.45) is 5.33. The van der Waals surface area contributed by atoms with Gasteiger partial charge in [-0.1, -0.05) is 27.2 Å². The molecule has 14 heavy (non-hydrogen) atoms. The Bertz CT molecular complexity index is 164. The van der Waals surface area contributed by atoms with Crippen molar-refractivity contribution in [3.63, 3.8) is 0 Å². The molecule has 0 aliphatic heterocycles. The summed E-state index contributed by atoms with van der Waals surface area (Å²) >= 11 is 0. The second-order valence-corrected chi connectivity index (χ2v) is 4.72. The van der Waals surface area contributed by atoms with E-state index in [1.54, 1.807) is 0 Å². The Morgan fingerprint density at radius 3 is 2.36 bits per heavy atom. The van der Waals surface area contributed by atoms with E-state index in [0.29, 0.717) is 11.8 Å². The van der Waals surface area contributed by atoms with Crippen LogP contribution in [0.1, 0.15) is 59.8 Å². The van der Waals surface area contributed by atoms with Gasteiger partial charge in [-0.3, -0.25) is 4.79 Å². The van der Waals surface area contributed by atoms with E-state index < -0.39 is 0 Å². The quantitative estimate of drug-likeness (QED) is 0.670. The minimum atomic E-state index is 0.194. The van der Waals surface area contributed by atoms with Crippen LogP contribution in [0.15, 0.2) is 0 Å². The molecule has 0 saturated carbocycles. The summed E-state index contributed by atoms with van der Waals surface area (Å²) in [5, 5.41) is 2.82. The molecule has 0 bridgehead atoms. The summed E-state index contributed by atoms with van der Waals surface area (Å²) in [6.45, 7) is 9.49. The highest BCUT2D eigenvalue weighted by molar-refractivity contribution is 5.75. The van der Waals surface area contributed by atoms with Crippen molar-refractivity contribution < 1.29 is 4.79 Å². The Hall–Kier alpha value is -0.530. The minimum absolute atomic E-state index is 0.194. The molecule has 0 rings (SSSR count). The predicted molar refractivity (Wildman–Crippen MR) is 61.2 cm³/mol. The number of hydrogen-bond acceptors (Lipinski definition) is 1. The maximum atomic E-state index is 11.2. The summed E-state index contributed by atoms with van der Waals surface area (Å²) in [6, 6.07) is 0. The number of rotatable bonds is 7. The van der Waals surface area contributed by atoms with E-state index in [1.807, 2.05) is 6.92 Å². The van der Waals surface area contributed by atoms with Crippen LogP contribution >= 0.6 is 0 Å². The molecule has 0 aliphatic carbocycles. The average molecular weight is 199 g/mol. The summed E-state index contributed by atoms with van der Waals surface area (Å²) in [7, 11) is 0. The van der Waals surface area contributed by atoms with Crippen molar-refractivity contribution in [2.45, 2.75) is 59.8 Å². The Labute approximate surface area is 88.5 Å². The zero-order chi connectivity index (χ0) is 11.0. The molecule has 0 saturated heterocycles. The van der Waals surface area contributed by atoms with Crippen molar-refractivity contribution >= 4 is 5.91 Å². The monoisotopic (exact) mass is 199 g/mol. The van der Waals surface area contributed by atoms with Gasteiger partial charge in [-0.05, 0) is 31.6 Å². The van der Waals surface area contributed by atoms with E-state index in [0.717, 1.165) is 19.4 Å². The van der Waals surface area contributed by atoms with E-state index in [-0.39, 0.29) is 5.91 Å². The van der Waals surface area contributed by atoms with Crippen molar-refractivity contribution in [3.8, 4) is 0 Å². The van der Waals surface area contributed by atoms with E-state index in [1.165, 1.54) is 12.8 Å². The van der Waals surface area contributed by atoms with E-state index in [2.05, 4.69) is 26.1 Å². The van der Waals surface area contributed by atoms with Gasteiger partial charge >= 0.3 is 0 Å². The molecule has 2 heteroatoms. The van der Waals surface area contributed by atoms with Crippen LogP contribution < -0.4 is 5.32 Å². The fourth-order valence-electron chi connectivity index (χ4n) is 1.81. The summed E-state index contributed by atoms with van der Waals surface area (Å²) in [4.78, 5) is 11.2. The van der Waals surface area contributed by atoms with Crippen LogP contribution in [-0.2, 0) is 4.79 Å². The van der Waals surface area contributed by atoms with Crippen molar-refractivity contribution in [2.75, 3.05) is 6.54 Å². The molecule has 0 aromatic heterocycles. The molecule has 1 amide bonds. The first-order valence-corrected chi connectivity index (χ1v) is 5.78. The summed E-state index contributed by atoms with van der Waals surface area (Å²) < 4.78 is 0. The molecule has 0 unspecified atom stereocenters. The molecule has 0 atom stereocenters. The Balaban J connectivity index is 3.57. The van der Waals surface area contributed by atoms with Crippen molar-refractivity contribution in [1.29, 1.82) is 0 Å². The lowest BCUT2D eigenvalue weighted by Crippen LogP contribution is -2.22. The highest BCUT2D eigenvalue weighted by Crippen LogP contribution is 2.28. The topological polar surface area (TPSA) is 29.1 Å². The Kier molecular flexibility index (Phi) is 6.60. The third-order valence-corrected chi connectivity index (χ3v) is 2.56. The molecule has 2 nitrogen and oxygen atoms in total. The van der Waals surface area contributed by atoms with Crippen LogP contribution in [0, 0.1) is 5.41 Å². The molecule has 0 aromatic carbocycles. The van der Waals surface area contributed by atoms with Gasteiger partial charge in [-0.15, -0.1) is 0 Å². The van der Waals surface area contributed by atoms with Crippen LogP contribution in [0.3, 0.4) is 0 Å². The van der Waals surface area contributed by atoms with Gasteiger partial charge in [-0.2, -0.15) is 0 Å². The Morgan fingerprint density at radius 1 is 1.21 bits per heavy atom. The van der Waals surface area contributed by atoms with E-state index in [4.69, 9.17) is 0 Å². The van der Waals surface area contributed by atoms with Crippen molar-refractivity contribution in [3.05, 3.63) is 0 Å². The zero-order valence-corrected chi connectivity index (χ0v) is 10.2. The fraction of sp³-hybridized carbons (Fsp3) is 0.917. The second-order valence-electron chi connectivity index (χ2n) is 4.72. The molecule has 0 spiro atoms. The fourth-order valence-corrected chi connectivity index (χ4v) is 1.81. The third-order valence-electron chi connectivity index (χ3n) is 2.56.